The van der Waals surface area contributed by atoms with E-state index in [9.17, 15) is 18.8 Å². The topological polar surface area (TPSA) is 112 Å². The van der Waals surface area contributed by atoms with Crippen molar-refractivity contribution in [3.05, 3.63) is 76.7 Å². The molecule has 196 valence electrons. The second kappa shape index (κ2) is 12.9. The van der Waals surface area contributed by atoms with Crippen molar-refractivity contribution < 1.29 is 28.2 Å². The van der Waals surface area contributed by atoms with E-state index in [0.717, 1.165) is 11.6 Å². The van der Waals surface area contributed by atoms with Crippen molar-refractivity contribution in [2.24, 2.45) is 0 Å². The molecule has 0 saturated heterocycles. The Morgan fingerprint density at radius 1 is 1.14 bits per heavy atom. The number of amides is 2. The van der Waals surface area contributed by atoms with Gasteiger partial charge in [-0.3, -0.25) is 9.48 Å². The Labute approximate surface area is 218 Å². The summed E-state index contributed by atoms with van der Waals surface area (Å²) < 4.78 is 26.4. The third-order valence-corrected chi connectivity index (χ3v) is 5.41. The number of benzene rings is 2. The molecule has 2 amide bonds. The fourth-order valence-corrected chi connectivity index (χ4v) is 3.71. The molecule has 2 aromatic carbocycles. The van der Waals surface area contributed by atoms with Gasteiger partial charge in [-0.05, 0) is 44.5 Å². The maximum atomic E-state index is 14.4. The van der Waals surface area contributed by atoms with Crippen molar-refractivity contribution in [1.29, 1.82) is 0 Å². The maximum Gasteiger partial charge on any atom is 0.408 e. The SMILES string of the molecule is CCn1ncc(Cl)c1-c1cc(F)cc(C(=O)NC[C@@H](NC(=O)OCc2ccccc2)C(=O)OC(C)C)c1. The van der Waals surface area contributed by atoms with Crippen LogP contribution in [0.25, 0.3) is 11.3 Å². The van der Waals surface area contributed by atoms with Crippen LogP contribution in [0.3, 0.4) is 0 Å². The minimum atomic E-state index is -1.24. The van der Waals surface area contributed by atoms with Crippen molar-refractivity contribution in [2.45, 2.75) is 46.1 Å². The monoisotopic (exact) mass is 530 g/mol. The fraction of sp³-hybridized carbons (Fsp3) is 0.308. The Bertz CT molecular complexity index is 1250. The molecule has 0 aliphatic carbocycles. The molecule has 3 rings (SSSR count). The van der Waals surface area contributed by atoms with E-state index in [2.05, 4.69) is 15.7 Å². The average molecular weight is 531 g/mol. The van der Waals surface area contributed by atoms with Gasteiger partial charge < -0.3 is 20.1 Å². The molecule has 2 N–H and O–H groups in total. The standard InChI is InChI=1S/C26H28ClFN4O5/c1-4-32-23(21(27)13-30-32)18-10-19(12-20(28)11-18)24(33)29-14-22(25(34)37-16(2)3)31-26(35)36-15-17-8-6-5-7-9-17/h5-13,16,22H,4,14-15H2,1-3H3,(H,29,33)(H,31,35)/t22-/m1/s1. The van der Waals surface area contributed by atoms with E-state index in [0.29, 0.717) is 22.8 Å². The number of ether oxygens (including phenoxy) is 2. The predicted octanol–water partition coefficient (Wildman–Crippen LogP) is 4.34. The van der Waals surface area contributed by atoms with Gasteiger partial charge in [0, 0.05) is 24.2 Å². The van der Waals surface area contributed by atoms with Gasteiger partial charge in [0.15, 0.2) is 0 Å². The van der Waals surface area contributed by atoms with Gasteiger partial charge in [-0.15, -0.1) is 0 Å². The molecule has 1 atom stereocenters. The summed E-state index contributed by atoms with van der Waals surface area (Å²) in [6, 6.07) is 11.5. The molecule has 11 heteroatoms. The van der Waals surface area contributed by atoms with Gasteiger partial charge in [-0.25, -0.2) is 14.0 Å². The minimum Gasteiger partial charge on any atom is -0.461 e. The summed E-state index contributed by atoms with van der Waals surface area (Å²) in [5.74, 6) is -2.08. The highest BCUT2D eigenvalue weighted by atomic mass is 35.5. The molecule has 0 spiro atoms. The Kier molecular flexibility index (Phi) is 9.62. The minimum absolute atomic E-state index is 0.00227. The van der Waals surface area contributed by atoms with Gasteiger partial charge in [-0.1, -0.05) is 41.9 Å². The zero-order chi connectivity index (χ0) is 26.9. The first kappa shape index (κ1) is 27.7. The van der Waals surface area contributed by atoms with Crippen molar-refractivity contribution in [2.75, 3.05) is 6.54 Å². The summed E-state index contributed by atoms with van der Waals surface area (Å²) in [4.78, 5) is 37.8. The third-order valence-electron chi connectivity index (χ3n) is 5.14. The van der Waals surface area contributed by atoms with Gasteiger partial charge in [0.05, 0.1) is 23.0 Å². The van der Waals surface area contributed by atoms with E-state index in [4.69, 9.17) is 21.1 Å². The molecule has 1 heterocycles. The highest BCUT2D eigenvalue weighted by molar-refractivity contribution is 6.33. The number of halogens is 2. The zero-order valence-corrected chi connectivity index (χ0v) is 21.4. The van der Waals surface area contributed by atoms with Crippen LogP contribution in [0.15, 0.2) is 54.7 Å². The Hall–Kier alpha value is -3.92. The summed E-state index contributed by atoms with van der Waals surface area (Å²) in [5.41, 5.74) is 1.60. The van der Waals surface area contributed by atoms with Gasteiger partial charge in [0.1, 0.15) is 18.5 Å². The first-order valence-corrected chi connectivity index (χ1v) is 12.0. The average Bonchev–Trinajstić information content (AvgIpc) is 3.25. The smallest absolute Gasteiger partial charge is 0.408 e. The van der Waals surface area contributed by atoms with Crippen molar-refractivity contribution in [1.82, 2.24) is 20.4 Å². The van der Waals surface area contributed by atoms with Gasteiger partial charge in [-0.2, -0.15) is 5.10 Å². The van der Waals surface area contributed by atoms with Crippen molar-refractivity contribution in [3.8, 4) is 11.3 Å². The van der Waals surface area contributed by atoms with E-state index < -0.39 is 35.9 Å². The van der Waals surface area contributed by atoms with Crippen LogP contribution in [0.2, 0.25) is 5.02 Å². The number of carbonyl (C=O) groups excluding carboxylic acids is 3. The highest BCUT2D eigenvalue weighted by Gasteiger charge is 2.25. The quantitative estimate of drug-likeness (QED) is 0.377. The van der Waals surface area contributed by atoms with E-state index in [1.807, 2.05) is 13.0 Å². The Balaban J connectivity index is 1.71. The van der Waals surface area contributed by atoms with E-state index in [1.165, 1.54) is 18.3 Å². The number of aromatic nitrogens is 2. The molecule has 1 aromatic heterocycles. The number of rotatable bonds is 10. The number of carbonyl (C=O) groups is 3. The lowest BCUT2D eigenvalue weighted by molar-refractivity contribution is -0.149. The van der Waals surface area contributed by atoms with Crippen LogP contribution in [0, 0.1) is 5.82 Å². The zero-order valence-electron chi connectivity index (χ0n) is 20.7. The van der Waals surface area contributed by atoms with Crippen LogP contribution >= 0.6 is 11.6 Å². The van der Waals surface area contributed by atoms with Crippen LogP contribution in [-0.4, -0.2) is 46.4 Å². The molecule has 0 fully saturated rings. The summed E-state index contributed by atoms with van der Waals surface area (Å²) in [5, 5.41) is 9.41. The number of aryl methyl sites for hydroxylation is 1. The molecule has 9 nitrogen and oxygen atoms in total. The van der Waals surface area contributed by atoms with Gasteiger partial charge in [0.25, 0.3) is 5.91 Å². The molecular weight excluding hydrogens is 503 g/mol. The lowest BCUT2D eigenvalue weighted by atomic mass is 10.1. The molecule has 0 bridgehead atoms. The van der Waals surface area contributed by atoms with Crippen molar-refractivity contribution in [3.63, 3.8) is 0 Å². The van der Waals surface area contributed by atoms with Crippen LogP contribution in [0.5, 0.6) is 0 Å². The maximum absolute atomic E-state index is 14.4. The molecule has 37 heavy (non-hydrogen) atoms. The molecular formula is C26H28ClFN4O5. The largest absolute Gasteiger partial charge is 0.461 e. The predicted molar refractivity (Wildman–Crippen MR) is 135 cm³/mol. The summed E-state index contributed by atoms with van der Waals surface area (Å²) >= 11 is 6.22. The Morgan fingerprint density at radius 3 is 2.54 bits per heavy atom. The third kappa shape index (κ3) is 7.78. The lowest BCUT2D eigenvalue weighted by Gasteiger charge is -2.19. The van der Waals surface area contributed by atoms with Crippen LogP contribution in [0.1, 0.15) is 36.7 Å². The number of nitrogens with zero attached hydrogens (tertiary/aromatic N) is 2. The number of esters is 1. The van der Waals surface area contributed by atoms with E-state index >= 15 is 0 Å². The summed E-state index contributed by atoms with van der Waals surface area (Å²) in [6.45, 7) is 5.33. The Morgan fingerprint density at radius 2 is 1.86 bits per heavy atom. The summed E-state index contributed by atoms with van der Waals surface area (Å²) in [7, 11) is 0. The molecule has 0 radical (unpaired) electrons. The van der Waals surface area contributed by atoms with Gasteiger partial charge >= 0.3 is 12.1 Å². The van der Waals surface area contributed by atoms with E-state index in [1.54, 1.807) is 42.8 Å². The molecule has 0 aliphatic heterocycles. The second-order valence-corrected chi connectivity index (χ2v) is 8.75. The molecule has 0 unspecified atom stereocenters. The number of hydrogen-bond donors (Lipinski definition) is 2. The molecule has 3 aromatic rings. The first-order valence-electron chi connectivity index (χ1n) is 11.7. The second-order valence-electron chi connectivity index (χ2n) is 8.34. The van der Waals surface area contributed by atoms with Crippen LogP contribution in [-0.2, 0) is 27.4 Å². The molecule has 0 aliphatic rings. The lowest BCUT2D eigenvalue weighted by Crippen LogP contribution is -2.49. The number of hydrogen-bond acceptors (Lipinski definition) is 6. The normalized spacial score (nSPS) is 11.6. The fourth-order valence-electron chi connectivity index (χ4n) is 3.46. The van der Waals surface area contributed by atoms with Crippen LogP contribution < -0.4 is 10.6 Å². The van der Waals surface area contributed by atoms with Gasteiger partial charge in [0.2, 0.25) is 0 Å². The van der Waals surface area contributed by atoms with Crippen molar-refractivity contribution >= 4 is 29.6 Å². The molecule has 0 saturated carbocycles. The summed E-state index contributed by atoms with van der Waals surface area (Å²) in [6.07, 6.45) is 0.129. The first-order chi connectivity index (χ1) is 17.7. The number of nitrogens with one attached hydrogen (secondary N) is 2. The highest BCUT2D eigenvalue weighted by Crippen LogP contribution is 2.29. The van der Waals surface area contributed by atoms with Crippen LogP contribution in [0.4, 0.5) is 9.18 Å². The van der Waals surface area contributed by atoms with E-state index in [-0.39, 0.29) is 18.7 Å². The number of alkyl carbamates (subject to hydrolysis) is 1.